The smallest absolute Gasteiger partial charge is 0.0924 e. The SMILES string of the molecule is C#CC(C(C)C)N(/C(=C(\C)c1ccccc1C(C)(CC)C(C)C)C(C)C)C(C)C. The summed E-state index contributed by atoms with van der Waals surface area (Å²) in [7, 11) is 0. The predicted octanol–water partition coefficient (Wildman–Crippen LogP) is 7.77. The molecule has 0 bridgehead atoms. The first-order valence-electron chi connectivity index (χ1n) is 11.5. The van der Waals surface area contributed by atoms with E-state index in [4.69, 9.17) is 6.42 Å². The van der Waals surface area contributed by atoms with Gasteiger partial charge in [-0.05, 0) is 67.1 Å². The standard InChI is InChI=1S/C28H45N/c1-13-26(19(3)4)29(22(9)10)27(20(5)6)23(11)24-17-15-16-18-25(24)28(12,14-2)21(7)8/h1,15-22,26H,14H2,2-12H3/b27-23+. The Kier molecular flexibility index (Phi) is 9.08. The highest BCUT2D eigenvalue weighted by Crippen LogP contribution is 2.41. The first-order valence-corrected chi connectivity index (χ1v) is 11.5. The highest BCUT2D eigenvalue weighted by molar-refractivity contribution is 5.71. The zero-order valence-corrected chi connectivity index (χ0v) is 20.9. The molecule has 29 heavy (non-hydrogen) atoms. The van der Waals surface area contributed by atoms with Gasteiger partial charge in [-0.15, -0.1) is 6.42 Å². The van der Waals surface area contributed by atoms with E-state index in [0.717, 1.165) is 6.42 Å². The van der Waals surface area contributed by atoms with Crippen molar-refractivity contribution in [2.24, 2.45) is 17.8 Å². The van der Waals surface area contributed by atoms with Crippen molar-refractivity contribution >= 4 is 5.57 Å². The minimum absolute atomic E-state index is 0.0946. The van der Waals surface area contributed by atoms with Gasteiger partial charge in [-0.25, -0.2) is 0 Å². The maximum Gasteiger partial charge on any atom is 0.0924 e. The van der Waals surface area contributed by atoms with Crippen LogP contribution in [0.25, 0.3) is 5.57 Å². The average molecular weight is 396 g/mol. The lowest BCUT2D eigenvalue weighted by Crippen LogP contribution is -2.43. The molecule has 0 heterocycles. The van der Waals surface area contributed by atoms with Crippen LogP contribution in [0.2, 0.25) is 0 Å². The molecule has 2 unspecified atom stereocenters. The van der Waals surface area contributed by atoms with E-state index in [2.05, 4.69) is 111 Å². The van der Waals surface area contributed by atoms with Crippen LogP contribution < -0.4 is 0 Å². The Bertz CT molecular complexity index is 729. The van der Waals surface area contributed by atoms with Gasteiger partial charge in [0.1, 0.15) is 0 Å². The number of benzene rings is 1. The van der Waals surface area contributed by atoms with Crippen molar-refractivity contribution in [3.8, 4) is 12.3 Å². The Labute approximate surface area is 182 Å². The monoisotopic (exact) mass is 395 g/mol. The van der Waals surface area contributed by atoms with Gasteiger partial charge in [0, 0.05) is 11.7 Å². The van der Waals surface area contributed by atoms with Gasteiger partial charge >= 0.3 is 0 Å². The molecule has 0 saturated carbocycles. The molecular weight excluding hydrogens is 350 g/mol. The van der Waals surface area contributed by atoms with Gasteiger partial charge in [-0.1, -0.05) is 85.6 Å². The van der Waals surface area contributed by atoms with Crippen molar-refractivity contribution < 1.29 is 0 Å². The van der Waals surface area contributed by atoms with E-state index in [-0.39, 0.29) is 11.5 Å². The van der Waals surface area contributed by atoms with E-state index in [9.17, 15) is 0 Å². The van der Waals surface area contributed by atoms with Crippen LogP contribution in [0.15, 0.2) is 30.0 Å². The molecule has 0 saturated heterocycles. The molecule has 1 aromatic carbocycles. The van der Waals surface area contributed by atoms with Gasteiger partial charge in [0.25, 0.3) is 0 Å². The minimum atomic E-state index is 0.0946. The third-order valence-electron chi connectivity index (χ3n) is 6.82. The second kappa shape index (κ2) is 10.4. The van der Waals surface area contributed by atoms with E-state index < -0.39 is 0 Å². The van der Waals surface area contributed by atoms with Crippen LogP contribution in [0.5, 0.6) is 0 Å². The topological polar surface area (TPSA) is 3.24 Å². The molecule has 1 nitrogen and oxygen atoms in total. The third-order valence-corrected chi connectivity index (χ3v) is 6.82. The van der Waals surface area contributed by atoms with Crippen molar-refractivity contribution in [1.82, 2.24) is 4.90 Å². The predicted molar refractivity (Wildman–Crippen MR) is 131 cm³/mol. The average Bonchev–Trinajstić information content (AvgIpc) is 2.65. The van der Waals surface area contributed by atoms with Crippen molar-refractivity contribution in [2.75, 3.05) is 0 Å². The Hall–Kier alpha value is -1.68. The number of hydrogen-bond acceptors (Lipinski definition) is 1. The summed E-state index contributed by atoms with van der Waals surface area (Å²) in [6.07, 6.45) is 7.16. The van der Waals surface area contributed by atoms with Crippen molar-refractivity contribution in [3.05, 3.63) is 41.1 Å². The van der Waals surface area contributed by atoms with E-state index in [0.29, 0.717) is 23.8 Å². The van der Waals surface area contributed by atoms with E-state index in [1.165, 1.54) is 22.4 Å². The molecule has 0 spiro atoms. The number of allylic oxidation sites excluding steroid dienone is 2. The van der Waals surface area contributed by atoms with Crippen molar-refractivity contribution in [1.29, 1.82) is 0 Å². The molecule has 0 amide bonds. The second-order valence-electron chi connectivity index (χ2n) is 9.99. The molecule has 0 aliphatic carbocycles. The lowest BCUT2D eigenvalue weighted by Gasteiger charge is -2.42. The normalized spacial score (nSPS) is 16.1. The first kappa shape index (κ1) is 25.4. The third kappa shape index (κ3) is 5.28. The highest BCUT2D eigenvalue weighted by atomic mass is 15.2. The summed E-state index contributed by atoms with van der Waals surface area (Å²) < 4.78 is 0. The Morgan fingerprint density at radius 1 is 1.03 bits per heavy atom. The second-order valence-corrected chi connectivity index (χ2v) is 9.99. The lowest BCUT2D eigenvalue weighted by atomic mass is 9.69. The molecule has 0 aromatic heterocycles. The molecule has 1 heteroatoms. The summed E-state index contributed by atoms with van der Waals surface area (Å²) in [5, 5.41) is 0. The molecule has 0 N–H and O–H groups in total. The van der Waals surface area contributed by atoms with Crippen LogP contribution >= 0.6 is 0 Å². The van der Waals surface area contributed by atoms with Crippen LogP contribution in [0, 0.1) is 30.1 Å². The number of nitrogens with zero attached hydrogens (tertiary/aromatic N) is 1. The van der Waals surface area contributed by atoms with Crippen LogP contribution in [-0.4, -0.2) is 17.0 Å². The molecule has 2 atom stereocenters. The van der Waals surface area contributed by atoms with Gasteiger partial charge in [0.05, 0.1) is 6.04 Å². The van der Waals surface area contributed by atoms with Crippen molar-refractivity contribution in [2.45, 2.75) is 100 Å². The molecule has 162 valence electrons. The van der Waals surface area contributed by atoms with Gasteiger partial charge in [-0.2, -0.15) is 0 Å². The van der Waals surface area contributed by atoms with Gasteiger partial charge < -0.3 is 4.90 Å². The zero-order chi connectivity index (χ0) is 22.5. The van der Waals surface area contributed by atoms with Crippen LogP contribution in [-0.2, 0) is 5.41 Å². The molecule has 1 aromatic rings. The van der Waals surface area contributed by atoms with Gasteiger partial charge in [-0.3, -0.25) is 0 Å². The molecular formula is C28H45N. The Balaban J connectivity index is 3.85. The molecule has 0 radical (unpaired) electrons. The summed E-state index contributed by atoms with van der Waals surface area (Å²) >= 11 is 0. The number of hydrogen-bond donors (Lipinski definition) is 0. The van der Waals surface area contributed by atoms with Crippen LogP contribution in [0.3, 0.4) is 0 Å². The van der Waals surface area contributed by atoms with E-state index in [1.54, 1.807) is 0 Å². The molecule has 0 aliphatic heterocycles. The van der Waals surface area contributed by atoms with Gasteiger partial charge in [0.2, 0.25) is 0 Å². The summed E-state index contributed by atoms with van der Waals surface area (Å²) in [5.74, 6) is 4.45. The zero-order valence-electron chi connectivity index (χ0n) is 20.9. The summed E-state index contributed by atoms with van der Waals surface area (Å²) in [5.41, 5.74) is 5.72. The summed E-state index contributed by atoms with van der Waals surface area (Å²) in [4.78, 5) is 2.50. The Morgan fingerprint density at radius 2 is 1.59 bits per heavy atom. The minimum Gasteiger partial charge on any atom is -0.358 e. The maximum atomic E-state index is 6.04. The van der Waals surface area contributed by atoms with Crippen LogP contribution in [0.1, 0.15) is 93.7 Å². The lowest BCUT2D eigenvalue weighted by molar-refractivity contribution is 0.189. The largest absolute Gasteiger partial charge is 0.358 e. The van der Waals surface area contributed by atoms with Crippen molar-refractivity contribution in [3.63, 3.8) is 0 Å². The fraction of sp³-hybridized carbons (Fsp3) is 0.643. The Morgan fingerprint density at radius 3 is 1.97 bits per heavy atom. The van der Waals surface area contributed by atoms with E-state index >= 15 is 0 Å². The molecule has 1 rings (SSSR count). The fourth-order valence-corrected chi connectivity index (χ4v) is 4.62. The van der Waals surface area contributed by atoms with Crippen LogP contribution in [0.4, 0.5) is 0 Å². The fourth-order valence-electron chi connectivity index (χ4n) is 4.62. The molecule has 0 aliphatic rings. The van der Waals surface area contributed by atoms with Gasteiger partial charge in [0.15, 0.2) is 0 Å². The summed E-state index contributed by atoms with van der Waals surface area (Å²) in [6, 6.07) is 9.45. The summed E-state index contributed by atoms with van der Waals surface area (Å²) in [6.45, 7) is 25.3. The molecule has 0 fully saturated rings. The quantitative estimate of drug-likeness (QED) is 0.386. The number of terminal acetylenes is 1. The first-order chi connectivity index (χ1) is 13.4. The highest BCUT2D eigenvalue weighted by Gasteiger charge is 2.33. The van der Waals surface area contributed by atoms with E-state index in [1.807, 2.05) is 0 Å². The number of rotatable bonds is 9. The maximum absolute atomic E-state index is 6.04.